The zero-order valence-corrected chi connectivity index (χ0v) is 7.68. The van der Waals surface area contributed by atoms with E-state index in [4.69, 9.17) is 5.11 Å². The van der Waals surface area contributed by atoms with Crippen LogP contribution in [-0.2, 0) is 0 Å². The van der Waals surface area contributed by atoms with Crippen LogP contribution in [-0.4, -0.2) is 28.8 Å². The van der Waals surface area contributed by atoms with Crippen molar-refractivity contribution < 1.29 is 27.5 Å². The number of nitrogens with zero attached hydrogens (tertiary/aromatic N) is 1. The number of alkyl halides is 3. The van der Waals surface area contributed by atoms with Gasteiger partial charge in [-0.15, -0.1) is 0 Å². The minimum absolute atomic E-state index is 0.523. The highest BCUT2D eigenvalue weighted by Gasteiger charge is 2.27. The lowest BCUT2D eigenvalue weighted by atomic mass is 10.2. The average Bonchev–Trinajstić information content (AvgIpc) is 2.13. The quantitative estimate of drug-likeness (QED) is 0.623. The highest BCUT2D eigenvalue weighted by atomic mass is 19.4. The Morgan fingerprint density at radius 1 is 1.44 bits per heavy atom. The van der Waals surface area contributed by atoms with Gasteiger partial charge in [0.15, 0.2) is 0 Å². The molecule has 0 fully saturated rings. The van der Waals surface area contributed by atoms with Crippen LogP contribution in [0.15, 0.2) is 12.1 Å². The third-order valence-electron chi connectivity index (χ3n) is 1.55. The van der Waals surface area contributed by atoms with E-state index in [1.807, 2.05) is 0 Å². The average molecular weight is 238 g/mol. The van der Waals surface area contributed by atoms with Gasteiger partial charge < -0.3 is 10.4 Å². The molecule has 16 heavy (non-hydrogen) atoms. The molecule has 0 saturated heterocycles. The number of carboxylic acids is 1. The van der Waals surface area contributed by atoms with Crippen LogP contribution in [0.2, 0.25) is 0 Å². The van der Waals surface area contributed by atoms with Gasteiger partial charge in [-0.3, -0.25) is 0 Å². The topological polar surface area (TPSA) is 62.2 Å². The summed E-state index contributed by atoms with van der Waals surface area (Å²) in [5.41, 5.74) is -0.523. The van der Waals surface area contributed by atoms with Gasteiger partial charge in [0.2, 0.25) is 5.95 Å². The van der Waals surface area contributed by atoms with E-state index < -0.39 is 36.0 Å². The SMILES string of the molecule is O=C(O)c1ccc(F)nc1NCC(F)(F)F. The van der Waals surface area contributed by atoms with Crippen molar-refractivity contribution in [1.82, 2.24) is 4.98 Å². The third-order valence-corrected chi connectivity index (χ3v) is 1.55. The second kappa shape index (κ2) is 4.33. The molecule has 0 unspecified atom stereocenters. The zero-order chi connectivity index (χ0) is 12.3. The smallest absolute Gasteiger partial charge is 0.405 e. The van der Waals surface area contributed by atoms with E-state index in [-0.39, 0.29) is 0 Å². The molecule has 88 valence electrons. The number of aromatic carboxylic acids is 1. The molecule has 1 rings (SSSR count). The summed E-state index contributed by atoms with van der Waals surface area (Å²) in [5, 5.41) is 10.3. The predicted molar refractivity (Wildman–Crippen MR) is 45.7 cm³/mol. The van der Waals surface area contributed by atoms with Crippen LogP contribution < -0.4 is 5.32 Å². The van der Waals surface area contributed by atoms with Gasteiger partial charge in [0, 0.05) is 0 Å². The second-order valence-corrected chi connectivity index (χ2v) is 2.80. The first-order valence-corrected chi connectivity index (χ1v) is 4.00. The number of nitrogens with one attached hydrogen (secondary N) is 1. The number of hydrogen-bond acceptors (Lipinski definition) is 3. The van der Waals surface area contributed by atoms with E-state index in [9.17, 15) is 22.4 Å². The molecule has 0 radical (unpaired) electrons. The van der Waals surface area contributed by atoms with Crippen LogP contribution in [0.5, 0.6) is 0 Å². The highest BCUT2D eigenvalue weighted by molar-refractivity contribution is 5.92. The van der Waals surface area contributed by atoms with Crippen molar-refractivity contribution in [2.45, 2.75) is 6.18 Å². The molecule has 0 aliphatic rings. The van der Waals surface area contributed by atoms with Crippen LogP contribution in [0.1, 0.15) is 10.4 Å². The van der Waals surface area contributed by atoms with Gasteiger partial charge >= 0.3 is 12.1 Å². The van der Waals surface area contributed by atoms with Gasteiger partial charge in [-0.05, 0) is 12.1 Å². The molecule has 8 heteroatoms. The number of pyridine rings is 1. The molecule has 0 saturated carbocycles. The standard InChI is InChI=1S/C8H6F4N2O2/c9-5-2-1-4(7(15)16)6(14-5)13-3-8(10,11)12/h1-2H,3H2,(H,13,14)(H,15,16). The second-order valence-electron chi connectivity index (χ2n) is 2.80. The fourth-order valence-electron chi connectivity index (χ4n) is 0.927. The maximum Gasteiger partial charge on any atom is 0.405 e. The lowest BCUT2D eigenvalue weighted by molar-refractivity contribution is -0.115. The summed E-state index contributed by atoms with van der Waals surface area (Å²) >= 11 is 0. The van der Waals surface area contributed by atoms with E-state index in [1.165, 1.54) is 0 Å². The largest absolute Gasteiger partial charge is 0.478 e. The summed E-state index contributed by atoms with van der Waals surface area (Å²) < 4.78 is 48.1. The van der Waals surface area contributed by atoms with Crippen molar-refractivity contribution in [2.75, 3.05) is 11.9 Å². The molecule has 1 aromatic heterocycles. The molecule has 1 heterocycles. The van der Waals surface area contributed by atoms with E-state index in [0.717, 1.165) is 12.1 Å². The van der Waals surface area contributed by atoms with Gasteiger partial charge in [0.1, 0.15) is 17.9 Å². The predicted octanol–water partition coefficient (Wildman–Crippen LogP) is 1.89. The molecule has 0 bridgehead atoms. The highest BCUT2D eigenvalue weighted by Crippen LogP contribution is 2.18. The Morgan fingerprint density at radius 3 is 2.56 bits per heavy atom. The van der Waals surface area contributed by atoms with E-state index >= 15 is 0 Å². The summed E-state index contributed by atoms with van der Waals surface area (Å²) in [5.74, 6) is -3.20. The Labute approximate surface area is 86.9 Å². The molecule has 0 atom stereocenters. The summed E-state index contributed by atoms with van der Waals surface area (Å²) in [6.45, 7) is -1.48. The fraction of sp³-hybridized carbons (Fsp3) is 0.250. The van der Waals surface area contributed by atoms with Crippen LogP contribution in [0.25, 0.3) is 0 Å². The van der Waals surface area contributed by atoms with Crippen molar-refractivity contribution in [1.29, 1.82) is 0 Å². The normalized spacial score (nSPS) is 11.2. The van der Waals surface area contributed by atoms with Crippen LogP contribution >= 0.6 is 0 Å². The molecule has 0 aliphatic carbocycles. The number of carbonyl (C=O) groups is 1. The van der Waals surface area contributed by atoms with Crippen molar-refractivity contribution in [3.8, 4) is 0 Å². The number of aromatic nitrogens is 1. The molecule has 0 aromatic carbocycles. The van der Waals surface area contributed by atoms with Crippen LogP contribution in [0, 0.1) is 5.95 Å². The number of anilines is 1. The lowest BCUT2D eigenvalue weighted by Gasteiger charge is -2.10. The molecule has 0 spiro atoms. The van der Waals surface area contributed by atoms with Gasteiger partial charge in [-0.25, -0.2) is 9.78 Å². The van der Waals surface area contributed by atoms with Crippen molar-refractivity contribution in [2.24, 2.45) is 0 Å². The first-order valence-electron chi connectivity index (χ1n) is 4.00. The third kappa shape index (κ3) is 3.37. The monoisotopic (exact) mass is 238 g/mol. The Hall–Kier alpha value is -1.86. The maximum atomic E-state index is 12.6. The van der Waals surface area contributed by atoms with Crippen LogP contribution in [0.4, 0.5) is 23.4 Å². The molecule has 1 aromatic rings. The van der Waals surface area contributed by atoms with Gasteiger partial charge in [-0.2, -0.15) is 17.6 Å². The summed E-state index contributed by atoms with van der Waals surface area (Å²) in [4.78, 5) is 13.6. The fourth-order valence-corrected chi connectivity index (χ4v) is 0.927. The first-order chi connectivity index (χ1) is 7.29. The Balaban J connectivity index is 2.93. The number of halogens is 4. The molecule has 2 N–H and O–H groups in total. The summed E-state index contributed by atoms with van der Waals surface area (Å²) in [7, 11) is 0. The van der Waals surface area contributed by atoms with Crippen LogP contribution in [0.3, 0.4) is 0 Å². The summed E-state index contributed by atoms with van der Waals surface area (Å²) in [6.07, 6.45) is -4.54. The Morgan fingerprint density at radius 2 is 2.06 bits per heavy atom. The molecular weight excluding hydrogens is 232 g/mol. The van der Waals surface area contributed by atoms with E-state index in [2.05, 4.69) is 4.98 Å². The minimum atomic E-state index is -4.54. The molecular formula is C8H6F4N2O2. The van der Waals surface area contributed by atoms with E-state index in [1.54, 1.807) is 5.32 Å². The maximum absolute atomic E-state index is 12.6. The Bertz CT molecular complexity index is 406. The number of carboxylic acid groups (broad SMARTS) is 1. The minimum Gasteiger partial charge on any atom is -0.478 e. The Kier molecular flexibility index (Phi) is 3.31. The molecule has 0 aliphatic heterocycles. The van der Waals surface area contributed by atoms with E-state index in [0.29, 0.717) is 0 Å². The van der Waals surface area contributed by atoms with Gasteiger partial charge in [-0.1, -0.05) is 0 Å². The number of hydrogen-bond donors (Lipinski definition) is 2. The molecule has 4 nitrogen and oxygen atoms in total. The van der Waals surface area contributed by atoms with Crippen molar-refractivity contribution in [3.63, 3.8) is 0 Å². The van der Waals surface area contributed by atoms with Crippen molar-refractivity contribution in [3.05, 3.63) is 23.6 Å². The van der Waals surface area contributed by atoms with Gasteiger partial charge in [0.05, 0.1) is 0 Å². The number of rotatable bonds is 3. The first kappa shape index (κ1) is 12.2. The van der Waals surface area contributed by atoms with Crippen molar-refractivity contribution >= 4 is 11.8 Å². The summed E-state index contributed by atoms with van der Waals surface area (Å²) in [6, 6.07) is 1.59. The zero-order valence-electron chi connectivity index (χ0n) is 7.68. The molecule has 0 amide bonds. The van der Waals surface area contributed by atoms with Gasteiger partial charge in [0.25, 0.3) is 0 Å². The lowest BCUT2D eigenvalue weighted by Crippen LogP contribution is -2.23.